The van der Waals surface area contributed by atoms with Crippen molar-refractivity contribution in [3.05, 3.63) is 52.5 Å². The maximum atomic E-state index is 12.8. The number of benzene rings is 2. The standard InChI is InChI=1S/C17H21BrN2O4S2/c1-4-20(5-2)26(23,24)17-12-15(10-9-13(17)3)19-25(21,22)16-8-6-7-14(18)11-16/h6-12,19H,4-5H2,1-3H3. The molecule has 9 heteroatoms. The lowest BCUT2D eigenvalue weighted by atomic mass is 10.2. The first kappa shape index (κ1) is 20.9. The molecule has 0 saturated heterocycles. The molecule has 2 rings (SSSR count). The highest BCUT2D eigenvalue weighted by Crippen LogP contribution is 2.26. The number of sulfonamides is 2. The van der Waals surface area contributed by atoms with Gasteiger partial charge in [-0.15, -0.1) is 0 Å². The quantitative estimate of drug-likeness (QED) is 0.683. The summed E-state index contributed by atoms with van der Waals surface area (Å²) in [4.78, 5) is 0.177. The van der Waals surface area contributed by atoms with Crippen LogP contribution in [0, 0.1) is 6.92 Å². The molecule has 0 aromatic heterocycles. The van der Waals surface area contributed by atoms with E-state index in [0.29, 0.717) is 23.1 Å². The fraction of sp³-hybridized carbons (Fsp3) is 0.294. The molecule has 142 valence electrons. The van der Waals surface area contributed by atoms with Crippen molar-refractivity contribution in [2.24, 2.45) is 0 Å². The Kier molecular flexibility index (Phi) is 6.49. The second-order valence-electron chi connectivity index (χ2n) is 5.63. The molecule has 0 heterocycles. The molecule has 1 N–H and O–H groups in total. The topological polar surface area (TPSA) is 83.6 Å². The monoisotopic (exact) mass is 460 g/mol. The van der Waals surface area contributed by atoms with E-state index in [4.69, 9.17) is 0 Å². The van der Waals surface area contributed by atoms with E-state index in [1.807, 2.05) is 0 Å². The molecule has 26 heavy (non-hydrogen) atoms. The molecule has 0 aliphatic carbocycles. The highest BCUT2D eigenvalue weighted by atomic mass is 79.9. The Hall–Kier alpha value is -1.42. The van der Waals surface area contributed by atoms with Gasteiger partial charge in [0.05, 0.1) is 15.5 Å². The fourth-order valence-corrected chi connectivity index (χ4v) is 5.85. The lowest BCUT2D eigenvalue weighted by molar-refractivity contribution is 0.445. The number of aryl methyl sites for hydroxylation is 1. The number of anilines is 1. The van der Waals surface area contributed by atoms with Crippen molar-refractivity contribution in [1.29, 1.82) is 0 Å². The maximum absolute atomic E-state index is 12.8. The molecule has 0 fully saturated rings. The van der Waals surface area contributed by atoms with E-state index >= 15 is 0 Å². The largest absolute Gasteiger partial charge is 0.280 e. The van der Waals surface area contributed by atoms with E-state index in [2.05, 4.69) is 20.7 Å². The van der Waals surface area contributed by atoms with E-state index in [-0.39, 0.29) is 15.5 Å². The van der Waals surface area contributed by atoms with Crippen LogP contribution in [0.25, 0.3) is 0 Å². The van der Waals surface area contributed by atoms with Gasteiger partial charge in [0.1, 0.15) is 0 Å². The minimum Gasteiger partial charge on any atom is -0.280 e. The van der Waals surface area contributed by atoms with Crippen LogP contribution in [-0.4, -0.2) is 34.2 Å². The van der Waals surface area contributed by atoms with Gasteiger partial charge in [-0.05, 0) is 42.8 Å². The van der Waals surface area contributed by atoms with Gasteiger partial charge >= 0.3 is 0 Å². The zero-order chi connectivity index (χ0) is 19.5. The number of rotatable bonds is 7. The van der Waals surface area contributed by atoms with Gasteiger partial charge in [-0.25, -0.2) is 16.8 Å². The van der Waals surface area contributed by atoms with Crippen LogP contribution in [0.5, 0.6) is 0 Å². The molecular weight excluding hydrogens is 440 g/mol. The van der Waals surface area contributed by atoms with Crippen molar-refractivity contribution < 1.29 is 16.8 Å². The number of hydrogen-bond acceptors (Lipinski definition) is 4. The Bertz CT molecular complexity index is 1000. The number of hydrogen-bond donors (Lipinski definition) is 1. The Morgan fingerprint density at radius 1 is 1.00 bits per heavy atom. The first-order valence-corrected chi connectivity index (χ1v) is 11.7. The Labute approximate surface area is 163 Å². The molecule has 0 unspecified atom stereocenters. The first-order chi connectivity index (χ1) is 12.1. The third kappa shape index (κ3) is 4.46. The summed E-state index contributed by atoms with van der Waals surface area (Å²) in [5.74, 6) is 0. The van der Waals surface area contributed by atoms with Crippen molar-refractivity contribution in [3.63, 3.8) is 0 Å². The van der Waals surface area contributed by atoms with E-state index in [1.165, 1.54) is 22.5 Å². The van der Waals surface area contributed by atoms with E-state index in [0.717, 1.165) is 0 Å². The maximum Gasteiger partial charge on any atom is 0.261 e. The molecule has 0 bridgehead atoms. The molecule has 0 atom stereocenters. The average molecular weight is 461 g/mol. The van der Waals surface area contributed by atoms with E-state index < -0.39 is 20.0 Å². The predicted octanol–water partition coefficient (Wildman–Crippen LogP) is 3.59. The number of nitrogens with one attached hydrogen (secondary N) is 1. The summed E-state index contributed by atoms with van der Waals surface area (Å²) in [5.41, 5.74) is 0.753. The molecule has 0 aliphatic rings. The van der Waals surface area contributed by atoms with Gasteiger partial charge in [-0.2, -0.15) is 4.31 Å². The summed E-state index contributed by atoms with van der Waals surface area (Å²) < 4.78 is 55.1. The molecular formula is C17H21BrN2O4S2. The second-order valence-corrected chi connectivity index (χ2v) is 10.1. The van der Waals surface area contributed by atoms with Gasteiger partial charge in [0, 0.05) is 17.6 Å². The van der Waals surface area contributed by atoms with Crippen LogP contribution in [0.15, 0.2) is 56.7 Å². The van der Waals surface area contributed by atoms with Crippen molar-refractivity contribution >= 4 is 41.7 Å². The highest BCUT2D eigenvalue weighted by Gasteiger charge is 2.24. The molecule has 2 aromatic rings. The van der Waals surface area contributed by atoms with Gasteiger partial charge < -0.3 is 0 Å². The van der Waals surface area contributed by atoms with Crippen LogP contribution in [0.4, 0.5) is 5.69 Å². The smallest absolute Gasteiger partial charge is 0.261 e. The minimum atomic E-state index is -3.83. The molecule has 0 radical (unpaired) electrons. The van der Waals surface area contributed by atoms with Gasteiger partial charge in [-0.1, -0.05) is 41.9 Å². The van der Waals surface area contributed by atoms with Crippen molar-refractivity contribution in [1.82, 2.24) is 4.31 Å². The Morgan fingerprint density at radius 2 is 1.65 bits per heavy atom. The highest BCUT2D eigenvalue weighted by molar-refractivity contribution is 9.10. The molecule has 0 spiro atoms. The van der Waals surface area contributed by atoms with Crippen molar-refractivity contribution in [3.8, 4) is 0 Å². The molecule has 6 nitrogen and oxygen atoms in total. The van der Waals surface area contributed by atoms with Crippen LogP contribution >= 0.6 is 15.9 Å². The summed E-state index contributed by atoms with van der Waals surface area (Å²) in [6, 6.07) is 10.8. The zero-order valence-corrected chi connectivity index (χ0v) is 17.9. The molecule has 2 aromatic carbocycles. The van der Waals surface area contributed by atoms with Crippen LogP contribution in [0.1, 0.15) is 19.4 Å². The zero-order valence-electron chi connectivity index (χ0n) is 14.7. The molecule has 0 aliphatic heterocycles. The lowest BCUT2D eigenvalue weighted by Crippen LogP contribution is -2.31. The first-order valence-electron chi connectivity index (χ1n) is 8.01. The van der Waals surface area contributed by atoms with Gasteiger partial charge in [-0.3, -0.25) is 4.72 Å². The number of nitrogens with zero attached hydrogens (tertiary/aromatic N) is 1. The summed E-state index contributed by atoms with van der Waals surface area (Å²) in [7, 11) is -7.52. The van der Waals surface area contributed by atoms with E-state index in [1.54, 1.807) is 45.0 Å². The summed E-state index contributed by atoms with van der Waals surface area (Å²) in [6.07, 6.45) is 0. The normalized spacial score (nSPS) is 12.3. The Morgan fingerprint density at radius 3 is 2.23 bits per heavy atom. The average Bonchev–Trinajstić information content (AvgIpc) is 2.57. The second kappa shape index (κ2) is 8.08. The molecule has 0 amide bonds. The van der Waals surface area contributed by atoms with Crippen LogP contribution in [0.2, 0.25) is 0 Å². The van der Waals surface area contributed by atoms with Gasteiger partial charge in [0.2, 0.25) is 10.0 Å². The lowest BCUT2D eigenvalue weighted by Gasteiger charge is -2.20. The van der Waals surface area contributed by atoms with Crippen LogP contribution in [0.3, 0.4) is 0 Å². The predicted molar refractivity (Wildman–Crippen MR) is 106 cm³/mol. The SMILES string of the molecule is CCN(CC)S(=O)(=O)c1cc(NS(=O)(=O)c2cccc(Br)c2)ccc1C. The molecule has 0 saturated carbocycles. The summed E-state index contributed by atoms with van der Waals surface area (Å²) >= 11 is 3.24. The van der Waals surface area contributed by atoms with Crippen LogP contribution < -0.4 is 4.72 Å². The summed E-state index contributed by atoms with van der Waals surface area (Å²) in [5, 5.41) is 0. The minimum absolute atomic E-state index is 0.0839. The van der Waals surface area contributed by atoms with E-state index in [9.17, 15) is 16.8 Å². The van der Waals surface area contributed by atoms with Gasteiger partial charge in [0.25, 0.3) is 10.0 Å². The fourth-order valence-electron chi connectivity index (χ4n) is 2.49. The van der Waals surface area contributed by atoms with Crippen molar-refractivity contribution in [2.75, 3.05) is 17.8 Å². The van der Waals surface area contributed by atoms with Crippen molar-refractivity contribution in [2.45, 2.75) is 30.6 Å². The third-order valence-corrected chi connectivity index (χ3v) is 7.93. The van der Waals surface area contributed by atoms with Gasteiger partial charge in [0.15, 0.2) is 0 Å². The summed E-state index contributed by atoms with van der Waals surface area (Å²) in [6.45, 7) is 5.88. The van der Waals surface area contributed by atoms with Crippen LogP contribution in [-0.2, 0) is 20.0 Å². The third-order valence-electron chi connectivity index (χ3n) is 3.87. The number of halogens is 1. The Balaban J connectivity index is 2.44.